The molecule has 0 radical (unpaired) electrons. The Morgan fingerprint density at radius 2 is 2.10 bits per heavy atom. The lowest BCUT2D eigenvalue weighted by Crippen LogP contribution is -2.13. The topological polar surface area (TPSA) is 0 Å². The quantitative estimate of drug-likeness (QED) is 0.511. The first-order chi connectivity index (χ1) is 4.95. The second kappa shape index (κ2) is 2.77. The molecule has 1 fully saturated rings. The molecular formula is C10H16. The van der Waals surface area contributed by atoms with Crippen LogP contribution in [0.2, 0.25) is 0 Å². The van der Waals surface area contributed by atoms with E-state index in [0.717, 1.165) is 11.8 Å². The molecule has 0 aromatic heterocycles. The van der Waals surface area contributed by atoms with Gasteiger partial charge in [0.25, 0.3) is 0 Å². The van der Waals surface area contributed by atoms with Crippen LogP contribution in [-0.4, -0.2) is 0 Å². The van der Waals surface area contributed by atoms with E-state index in [-0.39, 0.29) is 0 Å². The Hall–Kier alpha value is -0.260. The molecule has 2 rings (SSSR count). The van der Waals surface area contributed by atoms with Gasteiger partial charge in [0.1, 0.15) is 0 Å². The molecule has 2 aliphatic carbocycles. The van der Waals surface area contributed by atoms with Crippen molar-refractivity contribution in [1.29, 1.82) is 0 Å². The van der Waals surface area contributed by atoms with Gasteiger partial charge in [0.2, 0.25) is 0 Å². The maximum Gasteiger partial charge on any atom is -0.0228 e. The zero-order chi connectivity index (χ0) is 6.81. The third kappa shape index (κ3) is 1.25. The van der Waals surface area contributed by atoms with Crippen molar-refractivity contribution >= 4 is 0 Å². The van der Waals surface area contributed by atoms with Gasteiger partial charge in [-0.3, -0.25) is 0 Å². The van der Waals surface area contributed by atoms with E-state index in [1.165, 1.54) is 38.5 Å². The van der Waals surface area contributed by atoms with Crippen molar-refractivity contribution in [3.05, 3.63) is 12.2 Å². The lowest BCUT2D eigenvalue weighted by Gasteiger charge is -2.27. The highest BCUT2D eigenvalue weighted by molar-refractivity contribution is 4.97. The summed E-state index contributed by atoms with van der Waals surface area (Å²) in [7, 11) is 0. The van der Waals surface area contributed by atoms with E-state index in [1.807, 2.05) is 0 Å². The van der Waals surface area contributed by atoms with Gasteiger partial charge in [0.05, 0.1) is 0 Å². The monoisotopic (exact) mass is 136 g/mol. The van der Waals surface area contributed by atoms with Crippen molar-refractivity contribution in [1.82, 2.24) is 0 Å². The summed E-state index contributed by atoms with van der Waals surface area (Å²) >= 11 is 0. The Bertz CT molecular complexity index is 131. The molecule has 0 heteroatoms. The standard InChI is InChI=1S/C10H16/c1-2-5-9(4-1)8-10-6-3-7-10/h1,4,9-10H,2-3,5-8H2. The summed E-state index contributed by atoms with van der Waals surface area (Å²) in [6, 6.07) is 0. The lowest BCUT2D eigenvalue weighted by molar-refractivity contribution is 0.266. The zero-order valence-corrected chi connectivity index (χ0v) is 6.55. The minimum atomic E-state index is 0.963. The van der Waals surface area contributed by atoms with Crippen LogP contribution in [0, 0.1) is 11.8 Å². The van der Waals surface area contributed by atoms with Crippen LogP contribution in [0.1, 0.15) is 38.5 Å². The van der Waals surface area contributed by atoms with Crippen molar-refractivity contribution in [3.63, 3.8) is 0 Å². The van der Waals surface area contributed by atoms with E-state index in [0.29, 0.717) is 0 Å². The molecule has 0 nitrogen and oxygen atoms in total. The number of rotatable bonds is 2. The Balaban J connectivity index is 1.73. The van der Waals surface area contributed by atoms with Crippen molar-refractivity contribution < 1.29 is 0 Å². The molecule has 0 aromatic carbocycles. The Morgan fingerprint density at radius 3 is 2.60 bits per heavy atom. The van der Waals surface area contributed by atoms with Crippen LogP contribution < -0.4 is 0 Å². The molecule has 0 heterocycles. The molecular weight excluding hydrogens is 120 g/mol. The second-order valence-electron chi connectivity index (χ2n) is 3.80. The molecule has 56 valence electrons. The maximum absolute atomic E-state index is 2.43. The number of hydrogen-bond acceptors (Lipinski definition) is 0. The van der Waals surface area contributed by atoms with Gasteiger partial charge in [-0.15, -0.1) is 0 Å². The molecule has 0 saturated heterocycles. The zero-order valence-electron chi connectivity index (χ0n) is 6.55. The largest absolute Gasteiger partial charge is 0.0882 e. The smallest absolute Gasteiger partial charge is 0.0228 e. The molecule has 1 saturated carbocycles. The van der Waals surface area contributed by atoms with Crippen LogP contribution in [-0.2, 0) is 0 Å². The SMILES string of the molecule is C1=CC(CC2CCC2)CC1. The van der Waals surface area contributed by atoms with Crippen LogP contribution in [0.15, 0.2) is 12.2 Å². The Kier molecular flexibility index (Phi) is 1.79. The fraction of sp³-hybridized carbons (Fsp3) is 0.800. The maximum atomic E-state index is 2.43. The summed E-state index contributed by atoms with van der Waals surface area (Å²) in [5, 5.41) is 0. The van der Waals surface area contributed by atoms with E-state index < -0.39 is 0 Å². The predicted octanol–water partition coefficient (Wildman–Crippen LogP) is 3.14. The molecule has 0 spiro atoms. The molecule has 2 aliphatic rings. The average Bonchev–Trinajstić information content (AvgIpc) is 2.29. The van der Waals surface area contributed by atoms with E-state index in [2.05, 4.69) is 12.2 Å². The first kappa shape index (κ1) is 6.45. The second-order valence-corrected chi connectivity index (χ2v) is 3.80. The average molecular weight is 136 g/mol. The molecule has 0 bridgehead atoms. The predicted molar refractivity (Wildman–Crippen MR) is 43.8 cm³/mol. The molecule has 0 aromatic rings. The van der Waals surface area contributed by atoms with E-state index in [1.54, 1.807) is 0 Å². The highest BCUT2D eigenvalue weighted by atomic mass is 14.3. The number of hydrogen-bond donors (Lipinski definition) is 0. The van der Waals surface area contributed by atoms with Crippen molar-refractivity contribution in [2.24, 2.45) is 11.8 Å². The highest BCUT2D eigenvalue weighted by Gasteiger charge is 2.21. The first-order valence-electron chi connectivity index (χ1n) is 4.62. The normalized spacial score (nSPS) is 32.6. The van der Waals surface area contributed by atoms with Gasteiger partial charge in [0.15, 0.2) is 0 Å². The molecule has 0 N–H and O–H groups in total. The van der Waals surface area contributed by atoms with Gasteiger partial charge in [-0.05, 0) is 31.1 Å². The van der Waals surface area contributed by atoms with Crippen molar-refractivity contribution in [2.75, 3.05) is 0 Å². The summed E-state index contributed by atoms with van der Waals surface area (Å²) < 4.78 is 0. The van der Waals surface area contributed by atoms with E-state index in [9.17, 15) is 0 Å². The molecule has 1 atom stereocenters. The van der Waals surface area contributed by atoms with Gasteiger partial charge in [0, 0.05) is 0 Å². The van der Waals surface area contributed by atoms with Crippen LogP contribution in [0.5, 0.6) is 0 Å². The molecule has 0 aliphatic heterocycles. The first-order valence-corrected chi connectivity index (χ1v) is 4.62. The summed E-state index contributed by atoms with van der Waals surface area (Å²) in [6.45, 7) is 0. The fourth-order valence-electron chi connectivity index (χ4n) is 2.05. The van der Waals surface area contributed by atoms with Crippen molar-refractivity contribution in [3.8, 4) is 0 Å². The minimum Gasteiger partial charge on any atom is -0.0882 e. The van der Waals surface area contributed by atoms with Gasteiger partial charge in [-0.25, -0.2) is 0 Å². The number of allylic oxidation sites excluding steroid dienone is 2. The van der Waals surface area contributed by atoms with E-state index >= 15 is 0 Å². The van der Waals surface area contributed by atoms with Gasteiger partial charge in [-0.1, -0.05) is 31.4 Å². The van der Waals surface area contributed by atoms with Gasteiger partial charge in [-0.2, -0.15) is 0 Å². The molecule has 0 amide bonds. The molecule has 1 unspecified atom stereocenters. The van der Waals surface area contributed by atoms with Crippen LogP contribution >= 0.6 is 0 Å². The summed E-state index contributed by atoms with van der Waals surface area (Å²) in [5.74, 6) is 2.07. The third-order valence-corrected chi connectivity index (χ3v) is 2.97. The van der Waals surface area contributed by atoms with Crippen LogP contribution in [0.4, 0.5) is 0 Å². The van der Waals surface area contributed by atoms with Gasteiger partial charge >= 0.3 is 0 Å². The fourth-order valence-corrected chi connectivity index (χ4v) is 2.05. The summed E-state index contributed by atoms with van der Waals surface area (Å²) in [4.78, 5) is 0. The molecule has 10 heavy (non-hydrogen) atoms. The third-order valence-electron chi connectivity index (χ3n) is 2.97. The summed E-state index contributed by atoms with van der Waals surface area (Å²) in [5.41, 5.74) is 0. The minimum absolute atomic E-state index is 0.963. The lowest BCUT2D eigenvalue weighted by atomic mass is 9.79. The summed E-state index contributed by atoms with van der Waals surface area (Å²) in [6.07, 6.45) is 13.6. The Morgan fingerprint density at radius 1 is 1.20 bits per heavy atom. The van der Waals surface area contributed by atoms with E-state index in [4.69, 9.17) is 0 Å². The van der Waals surface area contributed by atoms with Crippen LogP contribution in [0.3, 0.4) is 0 Å². The highest BCUT2D eigenvalue weighted by Crippen LogP contribution is 2.35. The van der Waals surface area contributed by atoms with Crippen molar-refractivity contribution in [2.45, 2.75) is 38.5 Å². The van der Waals surface area contributed by atoms with Gasteiger partial charge < -0.3 is 0 Å². The Labute approximate surface area is 63.3 Å². The van der Waals surface area contributed by atoms with Crippen LogP contribution in [0.25, 0.3) is 0 Å².